The van der Waals surface area contributed by atoms with Gasteiger partial charge in [-0.2, -0.15) is 0 Å². The molecule has 0 spiro atoms. The van der Waals surface area contributed by atoms with Crippen LogP contribution in [0, 0.1) is 6.92 Å². The molecule has 0 radical (unpaired) electrons. The first-order chi connectivity index (χ1) is 12.4. The Hall–Kier alpha value is -3.29. The van der Waals surface area contributed by atoms with Crippen molar-refractivity contribution in [2.75, 3.05) is 0 Å². The van der Waals surface area contributed by atoms with Crippen molar-refractivity contribution in [1.29, 1.82) is 0 Å². The summed E-state index contributed by atoms with van der Waals surface area (Å²) in [6.45, 7) is 1.80. The van der Waals surface area contributed by atoms with Crippen LogP contribution < -0.4 is 4.74 Å². The first-order valence-electron chi connectivity index (χ1n) is 7.67. The van der Waals surface area contributed by atoms with Gasteiger partial charge in [-0.3, -0.25) is 0 Å². The number of aromatic nitrogens is 3. The second kappa shape index (κ2) is 5.91. The fourth-order valence-corrected chi connectivity index (χ4v) is 2.67. The number of nitrogens with zero attached hydrogens (tertiary/aromatic N) is 2. The zero-order valence-electron chi connectivity index (χ0n) is 13.5. The van der Waals surface area contributed by atoms with Crippen molar-refractivity contribution in [1.82, 2.24) is 15.0 Å². The average molecular weight is 359 g/mol. The van der Waals surface area contributed by atoms with Crippen molar-refractivity contribution in [2.45, 2.75) is 13.3 Å². The summed E-state index contributed by atoms with van der Waals surface area (Å²) < 4.78 is 47.1. The number of hydrogen-bond donors (Lipinski definition) is 1. The van der Waals surface area contributed by atoms with E-state index in [0.29, 0.717) is 39.6 Å². The molecule has 0 bridgehead atoms. The van der Waals surface area contributed by atoms with Crippen LogP contribution in [-0.4, -0.2) is 21.3 Å². The van der Waals surface area contributed by atoms with Gasteiger partial charge in [-0.1, -0.05) is 12.1 Å². The van der Waals surface area contributed by atoms with Gasteiger partial charge >= 0.3 is 6.36 Å². The number of H-pyrrole nitrogens is 1. The second-order valence-corrected chi connectivity index (χ2v) is 5.62. The summed E-state index contributed by atoms with van der Waals surface area (Å²) in [6.07, 6.45) is -3.07. The van der Waals surface area contributed by atoms with E-state index < -0.39 is 6.36 Å². The predicted molar refractivity (Wildman–Crippen MR) is 88.4 cm³/mol. The smallest absolute Gasteiger partial charge is 0.458 e. The minimum atomic E-state index is -4.76. The molecule has 4 aromatic rings. The summed E-state index contributed by atoms with van der Waals surface area (Å²) >= 11 is 0. The molecular formula is C18H12F3N3O2. The van der Waals surface area contributed by atoms with Crippen molar-refractivity contribution in [3.05, 3.63) is 54.4 Å². The topological polar surface area (TPSA) is 63.9 Å². The Kier molecular flexibility index (Phi) is 3.68. The molecule has 132 valence electrons. The molecular weight excluding hydrogens is 347 g/mol. The molecule has 26 heavy (non-hydrogen) atoms. The number of ether oxygens (including phenoxy) is 1. The lowest BCUT2D eigenvalue weighted by Crippen LogP contribution is -2.17. The van der Waals surface area contributed by atoms with Crippen molar-refractivity contribution in [3.63, 3.8) is 0 Å². The minimum absolute atomic E-state index is 0.312. The summed E-state index contributed by atoms with van der Waals surface area (Å²) in [5.74, 6) is 1.21. The van der Waals surface area contributed by atoms with E-state index in [4.69, 9.17) is 4.42 Å². The first-order valence-corrected chi connectivity index (χ1v) is 7.67. The van der Waals surface area contributed by atoms with Crippen LogP contribution in [0.4, 0.5) is 13.2 Å². The molecule has 0 unspecified atom stereocenters. The fraction of sp³-hybridized carbons (Fsp3) is 0.111. The van der Waals surface area contributed by atoms with Crippen LogP contribution in [0.3, 0.4) is 0 Å². The Labute approximate surface area is 145 Å². The van der Waals surface area contributed by atoms with Gasteiger partial charge < -0.3 is 14.1 Å². The number of halogens is 3. The van der Waals surface area contributed by atoms with Gasteiger partial charge in [0.25, 0.3) is 0 Å². The first kappa shape index (κ1) is 16.2. The van der Waals surface area contributed by atoms with Gasteiger partial charge in [0.2, 0.25) is 0 Å². The molecule has 0 aliphatic rings. The largest absolute Gasteiger partial charge is 0.573 e. The van der Waals surface area contributed by atoms with E-state index in [9.17, 15) is 13.2 Å². The van der Waals surface area contributed by atoms with E-state index in [1.54, 1.807) is 37.4 Å². The molecule has 0 amide bonds. The summed E-state index contributed by atoms with van der Waals surface area (Å²) in [6, 6.07) is 11.0. The van der Waals surface area contributed by atoms with Gasteiger partial charge in [0.15, 0.2) is 11.6 Å². The molecule has 0 saturated carbocycles. The van der Waals surface area contributed by atoms with Crippen LogP contribution in [0.2, 0.25) is 0 Å². The van der Waals surface area contributed by atoms with Gasteiger partial charge in [-0.25, -0.2) is 9.97 Å². The average Bonchev–Trinajstić information content (AvgIpc) is 3.21. The SMILES string of the molecule is Cc1ccc(-c2nc(-c3cccc(OC(F)(F)F)c3)c3cc[nH]c3n2)o1. The lowest BCUT2D eigenvalue weighted by atomic mass is 10.1. The van der Waals surface area contributed by atoms with Gasteiger partial charge in [-0.05, 0) is 37.3 Å². The molecule has 0 aliphatic carbocycles. The maximum atomic E-state index is 12.5. The molecule has 1 N–H and O–H groups in total. The third-order valence-corrected chi connectivity index (χ3v) is 3.72. The summed E-state index contributed by atoms with van der Waals surface area (Å²) in [7, 11) is 0. The van der Waals surface area contributed by atoms with Crippen molar-refractivity contribution in [3.8, 4) is 28.6 Å². The standard InChI is InChI=1S/C18H12F3N3O2/c1-10-5-6-14(25-10)17-23-15(13-7-8-22-16(13)24-17)11-3-2-4-12(9-11)26-18(19,20)21/h2-9H,1H3,(H,22,23,24). The van der Waals surface area contributed by atoms with Crippen LogP contribution in [-0.2, 0) is 0 Å². The second-order valence-electron chi connectivity index (χ2n) is 5.62. The van der Waals surface area contributed by atoms with Crippen LogP contribution in [0.5, 0.6) is 5.75 Å². The Morgan fingerprint density at radius 3 is 2.65 bits per heavy atom. The summed E-state index contributed by atoms with van der Waals surface area (Å²) in [4.78, 5) is 11.9. The minimum Gasteiger partial charge on any atom is -0.458 e. The highest BCUT2D eigenvalue weighted by Gasteiger charge is 2.31. The van der Waals surface area contributed by atoms with E-state index in [0.717, 1.165) is 0 Å². The fourth-order valence-electron chi connectivity index (χ4n) is 2.67. The normalized spacial score (nSPS) is 11.8. The van der Waals surface area contributed by atoms with Crippen LogP contribution in [0.1, 0.15) is 5.76 Å². The molecule has 4 rings (SSSR count). The van der Waals surface area contributed by atoms with Gasteiger partial charge in [0.05, 0.1) is 5.69 Å². The Morgan fingerprint density at radius 2 is 1.92 bits per heavy atom. The lowest BCUT2D eigenvalue weighted by Gasteiger charge is -2.10. The Bertz CT molecular complexity index is 1080. The number of aromatic amines is 1. The molecule has 5 nitrogen and oxygen atoms in total. The Morgan fingerprint density at radius 1 is 1.08 bits per heavy atom. The van der Waals surface area contributed by atoms with E-state index in [1.165, 1.54) is 18.2 Å². The Balaban J connectivity index is 1.86. The van der Waals surface area contributed by atoms with Crippen molar-refractivity contribution < 1.29 is 22.3 Å². The van der Waals surface area contributed by atoms with Crippen molar-refractivity contribution in [2.24, 2.45) is 0 Å². The number of benzene rings is 1. The number of furan rings is 1. The number of rotatable bonds is 3. The highest BCUT2D eigenvalue weighted by Crippen LogP contribution is 2.32. The highest BCUT2D eigenvalue weighted by molar-refractivity contribution is 5.92. The number of aryl methyl sites for hydroxylation is 1. The monoisotopic (exact) mass is 359 g/mol. The number of nitrogens with one attached hydrogen (secondary N) is 1. The third kappa shape index (κ3) is 3.13. The molecule has 0 fully saturated rings. The zero-order chi connectivity index (χ0) is 18.3. The van der Waals surface area contributed by atoms with E-state index in [1.807, 2.05) is 0 Å². The highest BCUT2D eigenvalue weighted by atomic mass is 19.4. The van der Waals surface area contributed by atoms with Gasteiger partial charge in [0.1, 0.15) is 17.2 Å². The maximum absolute atomic E-state index is 12.5. The molecule has 0 saturated heterocycles. The van der Waals surface area contributed by atoms with Gasteiger partial charge in [0, 0.05) is 17.1 Å². The molecule has 1 aromatic carbocycles. The van der Waals surface area contributed by atoms with Crippen molar-refractivity contribution >= 4 is 11.0 Å². The molecule has 3 heterocycles. The lowest BCUT2D eigenvalue weighted by molar-refractivity contribution is -0.274. The van der Waals surface area contributed by atoms with Crippen LogP contribution >= 0.6 is 0 Å². The number of fused-ring (bicyclic) bond motifs is 1. The van der Waals surface area contributed by atoms with Gasteiger partial charge in [-0.15, -0.1) is 13.2 Å². The predicted octanol–water partition coefficient (Wildman–Crippen LogP) is 5.09. The summed E-state index contributed by atoms with van der Waals surface area (Å²) in [5, 5.41) is 0.682. The quantitative estimate of drug-likeness (QED) is 0.553. The zero-order valence-corrected chi connectivity index (χ0v) is 13.5. The molecule has 0 aliphatic heterocycles. The third-order valence-electron chi connectivity index (χ3n) is 3.72. The van der Waals surface area contributed by atoms with E-state index >= 15 is 0 Å². The number of hydrogen-bond acceptors (Lipinski definition) is 4. The summed E-state index contributed by atoms with van der Waals surface area (Å²) in [5.41, 5.74) is 1.51. The van der Waals surface area contributed by atoms with E-state index in [2.05, 4.69) is 19.7 Å². The van der Waals surface area contributed by atoms with E-state index in [-0.39, 0.29) is 5.75 Å². The van der Waals surface area contributed by atoms with Crippen LogP contribution in [0.25, 0.3) is 33.9 Å². The maximum Gasteiger partial charge on any atom is 0.573 e. The molecule has 3 aromatic heterocycles. The molecule has 8 heteroatoms. The van der Waals surface area contributed by atoms with Crippen LogP contribution in [0.15, 0.2) is 53.1 Å². The number of alkyl halides is 3. The molecule has 0 atom stereocenters.